The number of carbonyl (C=O) groups excluding carboxylic acids is 1. The Hall–Kier alpha value is -2.49. The van der Waals surface area contributed by atoms with Crippen molar-refractivity contribution >= 4 is 11.6 Å². The van der Waals surface area contributed by atoms with Gasteiger partial charge in [0.1, 0.15) is 5.75 Å². The number of hydrogen-bond acceptors (Lipinski definition) is 3. The largest absolute Gasteiger partial charge is 0.494 e. The zero-order chi connectivity index (χ0) is 19.8. The van der Waals surface area contributed by atoms with E-state index in [1.54, 1.807) is 0 Å². The van der Waals surface area contributed by atoms with E-state index in [1.165, 1.54) is 24.1 Å². The minimum Gasteiger partial charge on any atom is -0.494 e. The average molecular weight is 381 g/mol. The molecule has 4 heteroatoms. The molecule has 0 aliphatic carbocycles. The lowest BCUT2D eigenvalue weighted by atomic mass is 9.99. The van der Waals surface area contributed by atoms with E-state index >= 15 is 0 Å². The Labute approximate surface area is 168 Å². The predicted octanol–water partition coefficient (Wildman–Crippen LogP) is 4.89. The van der Waals surface area contributed by atoms with Gasteiger partial charge in [-0.1, -0.05) is 43.7 Å². The molecule has 1 atom stereocenters. The number of rotatable bonds is 9. The molecular weight excluding hydrogens is 348 g/mol. The van der Waals surface area contributed by atoms with Gasteiger partial charge in [0.15, 0.2) is 0 Å². The lowest BCUT2D eigenvalue weighted by Crippen LogP contribution is -2.31. The number of nitrogens with zero attached hydrogens (tertiary/aromatic N) is 1. The van der Waals surface area contributed by atoms with Crippen LogP contribution < -0.4 is 15.0 Å². The van der Waals surface area contributed by atoms with Gasteiger partial charge >= 0.3 is 0 Å². The second kappa shape index (κ2) is 10.2. The summed E-state index contributed by atoms with van der Waals surface area (Å²) in [4.78, 5) is 15.3. The number of anilines is 1. The first-order valence-electron chi connectivity index (χ1n) is 10.6. The Kier molecular flexibility index (Phi) is 7.35. The first-order chi connectivity index (χ1) is 13.7. The van der Waals surface area contributed by atoms with Gasteiger partial charge in [-0.2, -0.15) is 0 Å². The molecule has 2 aromatic carbocycles. The van der Waals surface area contributed by atoms with Crippen LogP contribution in [0.3, 0.4) is 0 Å². The van der Waals surface area contributed by atoms with Gasteiger partial charge in [-0.15, -0.1) is 0 Å². The molecule has 2 aromatic rings. The monoisotopic (exact) mass is 380 g/mol. The highest BCUT2D eigenvalue weighted by atomic mass is 16.5. The van der Waals surface area contributed by atoms with E-state index in [9.17, 15) is 4.79 Å². The molecule has 0 bridgehead atoms. The quantitative estimate of drug-likeness (QED) is 0.674. The molecule has 1 heterocycles. The molecule has 0 radical (unpaired) electrons. The smallest absolute Gasteiger partial charge is 0.224 e. The van der Waals surface area contributed by atoms with Crippen molar-refractivity contribution in [1.82, 2.24) is 5.32 Å². The highest BCUT2D eigenvalue weighted by molar-refractivity contribution is 5.79. The van der Waals surface area contributed by atoms with Crippen LogP contribution in [-0.2, 0) is 11.2 Å². The fraction of sp³-hybridized carbons (Fsp3) is 0.458. The Morgan fingerprint density at radius 2 is 1.89 bits per heavy atom. The SMILES string of the molecule is CCCC(NC(=O)Cc1cccc(OCC)c1)c1ccccc1N1CCCC1. The Balaban J connectivity index is 1.73. The van der Waals surface area contributed by atoms with Gasteiger partial charge < -0.3 is 15.0 Å². The molecule has 1 aliphatic heterocycles. The van der Waals surface area contributed by atoms with Crippen LogP contribution in [0.25, 0.3) is 0 Å². The van der Waals surface area contributed by atoms with Gasteiger partial charge in [0, 0.05) is 18.8 Å². The van der Waals surface area contributed by atoms with Crippen LogP contribution in [0, 0.1) is 0 Å². The van der Waals surface area contributed by atoms with Crippen molar-refractivity contribution in [3.63, 3.8) is 0 Å². The normalized spacial score (nSPS) is 14.7. The third kappa shape index (κ3) is 5.28. The molecule has 1 fully saturated rings. The third-order valence-electron chi connectivity index (χ3n) is 5.25. The second-order valence-electron chi connectivity index (χ2n) is 7.42. The first-order valence-corrected chi connectivity index (χ1v) is 10.6. The predicted molar refractivity (Wildman–Crippen MR) is 115 cm³/mol. The topological polar surface area (TPSA) is 41.6 Å². The van der Waals surface area contributed by atoms with Crippen molar-refractivity contribution in [2.45, 2.75) is 52.0 Å². The first kappa shape index (κ1) is 20.2. The van der Waals surface area contributed by atoms with Crippen LogP contribution in [-0.4, -0.2) is 25.6 Å². The van der Waals surface area contributed by atoms with E-state index in [4.69, 9.17) is 4.74 Å². The summed E-state index contributed by atoms with van der Waals surface area (Å²) < 4.78 is 5.55. The summed E-state index contributed by atoms with van der Waals surface area (Å²) in [6.07, 6.45) is 4.83. The Bertz CT molecular complexity index is 769. The third-order valence-corrected chi connectivity index (χ3v) is 5.25. The maximum Gasteiger partial charge on any atom is 0.224 e. The molecule has 1 saturated heterocycles. The summed E-state index contributed by atoms with van der Waals surface area (Å²) in [5, 5.41) is 3.29. The van der Waals surface area contributed by atoms with E-state index in [0.717, 1.165) is 37.2 Å². The van der Waals surface area contributed by atoms with Gasteiger partial charge in [-0.3, -0.25) is 4.79 Å². The second-order valence-corrected chi connectivity index (χ2v) is 7.42. The van der Waals surface area contributed by atoms with Gasteiger partial charge in [0.25, 0.3) is 0 Å². The number of benzene rings is 2. The van der Waals surface area contributed by atoms with Gasteiger partial charge in [-0.25, -0.2) is 0 Å². The molecule has 4 nitrogen and oxygen atoms in total. The van der Waals surface area contributed by atoms with E-state index < -0.39 is 0 Å². The molecule has 1 aliphatic rings. The molecule has 0 saturated carbocycles. The fourth-order valence-electron chi connectivity index (χ4n) is 3.96. The number of carbonyl (C=O) groups is 1. The summed E-state index contributed by atoms with van der Waals surface area (Å²) in [5.41, 5.74) is 3.49. The van der Waals surface area contributed by atoms with Crippen LogP contribution in [0.15, 0.2) is 48.5 Å². The Morgan fingerprint density at radius 3 is 2.64 bits per heavy atom. The van der Waals surface area contributed by atoms with E-state index in [2.05, 4.69) is 41.4 Å². The van der Waals surface area contributed by atoms with Crippen molar-refractivity contribution in [2.24, 2.45) is 0 Å². The van der Waals surface area contributed by atoms with Crippen LogP contribution in [0.2, 0.25) is 0 Å². The average Bonchev–Trinajstić information content (AvgIpc) is 3.23. The lowest BCUT2D eigenvalue weighted by Gasteiger charge is -2.27. The zero-order valence-corrected chi connectivity index (χ0v) is 17.1. The summed E-state index contributed by atoms with van der Waals surface area (Å²) in [6, 6.07) is 16.4. The number of ether oxygens (including phenoxy) is 1. The zero-order valence-electron chi connectivity index (χ0n) is 17.1. The molecule has 0 aromatic heterocycles. The summed E-state index contributed by atoms with van der Waals surface area (Å²) in [6.45, 7) is 6.97. The molecule has 3 rings (SSSR count). The highest BCUT2D eigenvalue weighted by Gasteiger charge is 2.21. The molecule has 1 N–H and O–H groups in total. The lowest BCUT2D eigenvalue weighted by molar-refractivity contribution is -0.121. The van der Waals surface area contributed by atoms with Crippen molar-refractivity contribution in [1.29, 1.82) is 0 Å². The molecule has 1 unspecified atom stereocenters. The maximum absolute atomic E-state index is 12.8. The van der Waals surface area contributed by atoms with E-state index in [1.807, 2.05) is 31.2 Å². The van der Waals surface area contributed by atoms with E-state index in [0.29, 0.717) is 13.0 Å². The summed E-state index contributed by atoms with van der Waals surface area (Å²) in [7, 11) is 0. The highest BCUT2D eigenvalue weighted by Crippen LogP contribution is 2.31. The van der Waals surface area contributed by atoms with Crippen LogP contribution in [0.5, 0.6) is 5.75 Å². The van der Waals surface area contributed by atoms with Crippen molar-refractivity contribution in [3.05, 3.63) is 59.7 Å². The number of hydrogen-bond donors (Lipinski definition) is 1. The van der Waals surface area contributed by atoms with Crippen molar-refractivity contribution < 1.29 is 9.53 Å². The maximum atomic E-state index is 12.8. The fourth-order valence-corrected chi connectivity index (χ4v) is 3.96. The van der Waals surface area contributed by atoms with Gasteiger partial charge in [-0.05, 0) is 55.5 Å². The van der Waals surface area contributed by atoms with E-state index in [-0.39, 0.29) is 11.9 Å². The molecule has 0 spiro atoms. The van der Waals surface area contributed by atoms with Gasteiger partial charge in [0.2, 0.25) is 5.91 Å². The molecule has 28 heavy (non-hydrogen) atoms. The Morgan fingerprint density at radius 1 is 1.11 bits per heavy atom. The molecular formula is C24H32N2O2. The van der Waals surface area contributed by atoms with Crippen LogP contribution in [0.4, 0.5) is 5.69 Å². The van der Waals surface area contributed by atoms with Crippen molar-refractivity contribution in [3.8, 4) is 5.75 Å². The van der Waals surface area contributed by atoms with Crippen LogP contribution >= 0.6 is 0 Å². The number of nitrogens with one attached hydrogen (secondary N) is 1. The van der Waals surface area contributed by atoms with Crippen LogP contribution in [0.1, 0.15) is 56.7 Å². The minimum atomic E-state index is 0.0457. The number of amides is 1. The minimum absolute atomic E-state index is 0.0457. The summed E-state index contributed by atoms with van der Waals surface area (Å²) in [5.74, 6) is 0.876. The van der Waals surface area contributed by atoms with Gasteiger partial charge in [0.05, 0.1) is 19.1 Å². The number of para-hydroxylation sites is 1. The molecule has 150 valence electrons. The molecule has 1 amide bonds. The van der Waals surface area contributed by atoms with Crippen molar-refractivity contribution in [2.75, 3.05) is 24.6 Å². The summed E-state index contributed by atoms with van der Waals surface area (Å²) >= 11 is 0. The standard InChI is InChI=1S/C24H32N2O2/c1-3-10-22(21-13-5-6-14-23(21)26-15-7-8-16-26)25-24(27)18-19-11-9-12-20(17-19)28-4-2/h5-6,9,11-14,17,22H,3-4,7-8,10,15-16,18H2,1-2H3,(H,25,27).